The van der Waals surface area contributed by atoms with E-state index in [1.807, 2.05) is 19.9 Å². The molecule has 1 aliphatic rings. The Morgan fingerprint density at radius 1 is 1.38 bits per heavy atom. The Kier molecular flexibility index (Phi) is 2.20. The molecule has 1 aromatic heterocycles. The second kappa shape index (κ2) is 3.31. The van der Waals surface area contributed by atoms with Crippen LogP contribution in [0.1, 0.15) is 41.8 Å². The largest absolute Gasteiger partial charge is 0.327 e. The molecule has 2 rings (SSSR count). The molecule has 0 saturated carbocycles. The van der Waals surface area contributed by atoms with Gasteiger partial charge in [0.2, 0.25) is 0 Å². The molecule has 0 spiro atoms. The van der Waals surface area contributed by atoms with E-state index in [9.17, 15) is 9.59 Å². The van der Waals surface area contributed by atoms with Crippen LogP contribution < -0.4 is 5.56 Å². The lowest BCUT2D eigenvalue weighted by Gasteiger charge is -2.30. The maximum absolute atomic E-state index is 11.8. The van der Waals surface area contributed by atoms with E-state index in [2.05, 4.69) is 4.98 Å². The fraction of sp³-hybridized carbons (Fsp3) is 0.417. The number of ketones is 1. The lowest BCUT2D eigenvalue weighted by atomic mass is 9.73. The van der Waals surface area contributed by atoms with Crippen molar-refractivity contribution in [3.8, 4) is 6.07 Å². The van der Waals surface area contributed by atoms with Gasteiger partial charge in [-0.2, -0.15) is 5.26 Å². The number of carbonyl (C=O) groups excluding carboxylic acids is 1. The van der Waals surface area contributed by atoms with Crippen molar-refractivity contribution >= 4 is 5.78 Å². The van der Waals surface area contributed by atoms with E-state index >= 15 is 0 Å². The van der Waals surface area contributed by atoms with E-state index in [0.717, 1.165) is 0 Å². The molecule has 0 unspecified atom stereocenters. The van der Waals surface area contributed by atoms with Crippen LogP contribution in [0.5, 0.6) is 0 Å². The quantitative estimate of drug-likeness (QED) is 0.712. The van der Waals surface area contributed by atoms with Gasteiger partial charge >= 0.3 is 0 Å². The zero-order valence-corrected chi connectivity index (χ0v) is 9.26. The molecule has 1 heterocycles. The highest BCUT2D eigenvalue weighted by Gasteiger charge is 2.33. The number of nitrogens with zero attached hydrogens (tertiary/aromatic N) is 1. The fourth-order valence-electron chi connectivity index (χ4n) is 2.19. The van der Waals surface area contributed by atoms with Gasteiger partial charge in [-0.3, -0.25) is 9.59 Å². The summed E-state index contributed by atoms with van der Waals surface area (Å²) in [5.74, 6) is -0.000926. The van der Waals surface area contributed by atoms with Crippen molar-refractivity contribution in [3.63, 3.8) is 0 Å². The summed E-state index contributed by atoms with van der Waals surface area (Å²) in [6.45, 7) is 3.94. The third-order valence-electron chi connectivity index (χ3n) is 2.91. The standard InChI is InChI=1S/C12H12N2O2/c1-12(2)3-7-8(5-13)11(16)14-6-9(7)10(15)4-12/h6H,3-4H2,1-2H3,(H,14,16). The molecule has 1 N–H and O–H groups in total. The van der Waals surface area contributed by atoms with E-state index in [1.165, 1.54) is 6.20 Å². The Morgan fingerprint density at radius 3 is 2.69 bits per heavy atom. The monoisotopic (exact) mass is 216 g/mol. The Labute approximate surface area is 92.9 Å². The number of fused-ring (bicyclic) bond motifs is 1. The molecule has 82 valence electrons. The Hall–Kier alpha value is -1.89. The van der Waals surface area contributed by atoms with Gasteiger partial charge in [-0.1, -0.05) is 13.8 Å². The summed E-state index contributed by atoms with van der Waals surface area (Å²) >= 11 is 0. The van der Waals surface area contributed by atoms with Crippen LogP contribution in [0, 0.1) is 16.7 Å². The van der Waals surface area contributed by atoms with Crippen molar-refractivity contribution < 1.29 is 4.79 Å². The summed E-state index contributed by atoms with van der Waals surface area (Å²) in [6, 6.07) is 1.89. The molecule has 0 atom stereocenters. The highest BCUT2D eigenvalue weighted by Crippen LogP contribution is 2.34. The minimum Gasteiger partial charge on any atom is -0.327 e. The first-order valence-corrected chi connectivity index (χ1v) is 5.12. The topological polar surface area (TPSA) is 73.7 Å². The molecule has 1 aromatic rings. The van der Waals surface area contributed by atoms with Gasteiger partial charge in [-0.05, 0) is 17.4 Å². The maximum Gasteiger partial charge on any atom is 0.266 e. The molecule has 0 fully saturated rings. The van der Waals surface area contributed by atoms with Crippen LogP contribution in [0.4, 0.5) is 0 Å². The first kappa shape index (κ1) is 10.6. The van der Waals surface area contributed by atoms with Crippen LogP contribution in [0.15, 0.2) is 11.0 Å². The SMILES string of the molecule is CC1(C)CC(=O)c2c[nH]c(=O)c(C#N)c2C1. The van der Waals surface area contributed by atoms with Gasteiger partial charge in [0.15, 0.2) is 5.78 Å². The molecular weight excluding hydrogens is 204 g/mol. The van der Waals surface area contributed by atoms with Crippen LogP contribution >= 0.6 is 0 Å². The first-order valence-electron chi connectivity index (χ1n) is 5.12. The van der Waals surface area contributed by atoms with Gasteiger partial charge in [0.25, 0.3) is 5.56 Å². The van der Waals surface area contributed by atoms with Crippen LogP contribution in [0.25, 0.3) is 0 Å². The summed E-state index contributed by atoms with van der Waals surface area (Å²) in [6.07, 6.45) is 2.48. The number of carbonyl (C=O) groups is 1. The Bertz CT molecular complexity index is 561. The number of pyridine rings is 1. The van der Waals surface area contributed by atoms with Gasteiger partial charge in [-0.25, -0.2) is 0 Å². The molecule has 0 aromatic carbocycles. The van der Waals surface area contributed by atoms with Crippen LogP contribution in [-0.4, -0.2) is 10.8 Å². The zero-order valence-electron chi connectivity index (χ0n) is 9.26. The summed E-state index contributed by atoms with van der Waals surface area (Å²) in [5.41, 5.74) is 0.595. The maximum atomic E-state index is 11.8. The molecule has 4 heteroatoms. The molecule has 16 heavy (non-hydrogen) atoms. The van der Waals surface area contributed by atoms with Gasteiger partial charge in [0.1, 0.15) is 11.6 Å². The predicted molar refractivity (Wildman–Crippen MR) is 58.2 cm³/mol. The summed E-state index contributed by atoms with van der Waals surface area (Å²) in [7, 11) is 0. The van der Waals surface area contributed by atoms with Gasteiger partial charge < -0.3 is 4.98 Å². The summed E-state index contributed by atoms with van der Waals surface area (Å²) in [5, 5.41) is 8.95. The van der Waals surface area contributed by atoms with E-state index in [4.69, 9.17) is 5.26 Å². The molecule has 0 saturated heterocycles. The van der Waals surface area contributed by atoms with Crippen molar-refractivity contribution in [2.45, 2.75) is 26.7 Å². The molecule has 4 nitrogen and oxygen atoms in total. The number of hydrogen-bond donors (Lipinski definition) is 1. The number of H-pyrrole nitrogens is 1. The van der Waals surface area contributed by atoms with Crippen molar-refractivity contribution in [2.75, 3.05) is 0 Å². The normalized spacial score (nSPS) is 17.7. The smallest absolute Gasteiger partial charge is 0.266 e. The lowest BCUT2D eigenvalue weighted by Crippen LogP contribution is -2.30. The lowest BCUT2D eigenvalue weighted by molar-refractivity contribution is 0.0911. The predicted octanol–water partition coefficient (Wildman–Crippen LogP) is 1.40. The zero-order chi connectivity index (χ0) is 11.9. The van der Waals surface area contributed by atoms with Crippen molar-refractivity contribution in [3.05, 3.63) is 33.2 Å². The molecule has 1 aliphatic carbocycles. The minimum absolute atomic E-state index is 0.000926. The average Bonchev–Trinajstić information content (AvgIpc) is 2.15. The minimum atomic E-state index is -0.410. The van der Waals surface area contributed by atoms with E-state index < -0.39 is 5.56 Å². The van der Waals surface area contributed by atoms with E-state index in [-0.39, 0.29) is 16.8 Å². The van der Waals surface area contributed by atoms with E-state index in [1.54, 1.807) is 0 Å². The first-order chi connectivity index (χ1) is 7.44. The number of Topliss-reactive ketones (excluding diaryl/α,β-unsaturated/α-hetero) is 1. The Balaban J connectivity index is 2.72. The highest BCUT2D eigenvalue weighted by molar-refractivity contribution is 5.99. The number of aromatic nitrogens is 1. The van der Waals surface area contributed by atoms with Gasteiger partial charge in [-0.15, -0.1) is 0 Å². The molecular formula is C12H12N2O2. The molecule has 0 aliphatic heterocycles. The summed E-state index contributed by atoms with van der Waals surface area (Å²) < 4.78 is 0. The third kappa shape index (κ3) is 1.54. The van der Waals surface area contributed by atoms with Gasteiger partial charge in [0, 0.05) is 18.2 Å². The second-order valence-corrected chi connectivity index (χ2v) is 4.94. The highest BCUT2D eigenvalue weighted by atomic mass is 16.1. The van der Waals surface area contributed by atoms with Gasteiger partial charge in [0.05, 0.1) is 0 Å². The number of nitriles is 1. The second-order valence-electron chi connectivity index (χ2n) is 4.94. The fourth-order valence-corrected chi connectivity index (χ4v) is 2.19. The molecule has 0 radical (unpaired) electrons. The number of rotatable bonds is 0. The van der Waals surface area contributed by atoms with Crippen LogP contribution in [0.2, 0.25) is 0 Å². The Morgan fingerprint density at radius 2 is 2.06 bits per heavy atom. The van der Waals surface area contributed by atoms with Crippen molar-refractivity contribution in [1.82, 2.24) is 4.98 Å². The number of nitrogens with one attached hydrogen (secondary N) is 1. The van der Waals surface area contributed by atoms with Crippen LogP contribution in [-0.2, 0) is 6.42 Å². The molecule has 0 bridgehead atoms. The average molecular weight is 216 g/mol. The van der Waals surface area contributed by atoms with Crippen molar-refractivity contribution in [2.24, 2.45) is 5.41 Å². The number of hydrogen-bond acceptors (Lipinski definition) is 3. The summed E-state index contributed by atoms with van der Waals surface area (Å²) in [4.78, 5) is 25.7. The number of aromatic amines is 1. The van der Waals surface area contributed by atoms with Crippen LogP contribution in [0.3, 0.4) is 0 Å². The van der Waals surface area contributed by atoms with Crippen molar-refractivity contribution in [1.29, 1.82) is 5.26 Å². The van der Waals surface area contributed by atoms with E-state index in [0.29, 0.717) is 24.0 Å². The third-order valence-corrected chi connectivity index (χ3v) is 2.91. The molecule has 0 amide bonds.